The maximum atomic E-state index is 13.5. The number of anilines is 2. The number of carbonyl (C=O) groups is 1. The van der Waals surface area contributed by atoms with Gasteiger partial charge in [0.25, 0.3) is 5.91 Å². The van der Waals surface area contributed by atoms with Crippen LogP contribution >= 0.6 is 23.2 Å². The Bertz CT molecular complexity index is 1290. The fraction of sp³-hybridized carbons (Fsp3) is 0.0741. The Kier molecular flexibility index (Phi) is 5.95. The first-order valence-electron chi connectivity index (χ1n) is 10.5. The van der Waals surface area contributed by atoms with Gasteiger partial charge < -0.3 is 10.1 Å². The third-order valence-corrected chi connectivity index (χ3v) is 6.20. The van der Waals surface area contributed by atoms with Crippen LogP contribution in [0, 0.1) is 0 Å². The molecule has 1 N–H and O–H groups in total. The second-order valence-electron chi connectivity index (χ2n) is 7.69. The van der Waals surface area contributed by atoms with Crippen molar-refractivity contribution in [3.63, 3.8) is 0 Å². The molecule has 0 unspecified atom stereocenters. The van der Waals surface area contributed by atoms with Gasteiger partial charge in [-0.05, 0) is 60.2 Å². The van der Waals surface area contributed by atoms with Crippen molar-refractivity contribution < 1.29 is 9.53 Å². The number of nitrogens with one attached hydrogen (secondary N) is 1. The van der Waals surface area contributed by atoms with Crippen LogP contribution in [-0.2, 0) is 6.61 Å². The zero-order valence-corrected chi connectivity index (χ0v) is 19.1. The quantitative estimate of drug-likeness (QED) is 0.328. The SMILES string of the molecule is O=C1c2ccccc2N[C@H](c2ccc(OCc3ccccc3Cl)cc2)N1c1ccc(Cl)cc1. The Morgan fingerprint density at radius 1 is 0.818 bits per heavy atom. The highest BCUT2D eigenvalue weighted by Crippen LogP contribution is 2.37. The number of hydrogen-bond acceptors (Lipinski definition) is 3. The van der Waals surface area contributed by atoms with Crippen molar-refractivity contribution in [3.05, 3.63) is 124 Å². The minimum Gasteiger partial charge on any atom is -0.489 e. The molecular weight excluding hydrogens is 455 g/mol. The normalized spacial score (nSPS) is 15.0. The number of fused-ring (bicyclic) bond motifs is 1. The molecule has 0 bridgehead atoms. The molecule has 4 aromatic carbocycles. The van der Waals surface area contributed by atoms with Gasteiger partial charge >= 0.3 is 0 Å². The maximum absolute atomic E-state index is 13.5. The van der Waals surface area contributed by atoms with Gasteiger partial charge in [-0.25, -0.2) is 0 Å². The van der Waals surface area contributed by atoms with E-state index < -0.39 is 0 Å². The third kappa shape index (κ3) is 4.40. The number of rotatable bonds is 5. The average Bonchev–Trinajstić information content (AvgIpc) is 2.85. The van der Waals surface area contributed by atoms with Crippen LogP contribution in [0.15, 0.2) is 97.1 Å². The number of carbonyl (C=O) groups excluding carboxylic acids is 1. The Morgan fingerprint density at radius 3 is 2.27 bits per heavy atom. The van der Waals surface area contributed by atoms with Crippen LogP contribution in [0.25, 0.3) is 0 Å². The van der Waals surface area contributed by atoms with E-state index in [0.29, 0.717) is 22.2 Å². The Morgan fingerprint density at radius 2 is 1.52 bits per heavy atom. The smallest absolute Gasteiger partial charge is 0.262 e. The van der Waals surface area contributed by atoms with Crippen molar-refractivity contribution >= 4 is 40.5 Å². The summed E-state index contributed by atoms with van der Waals surface area (Å²) in [4.78, 5) is 15.2. The summed E-state index contributed by atoms with van der Waals surface area (Å²) in [5.74, 6) is 0.648. The average molecular weight is 475 g/mol. The number of benzene rings is 4. The molecule has 0 saturated heterocycles. The summed E-state index contributed by atoms with van der Waals surface area (Å²) in [6.45, 7) is 0.378. The highest BCUT2D eigenvalue weighted by molar-refractivity contribution is 6.31. The van der Waals surface area contributed by atoms with Gasteiger partial charge in [0.15, 0.2) is 0 Å². The molecule has 4 aromatic rings. The summed E-state index contributed by atoms with van der Waals surface area (Å²) in [6, 6.07) is 30.1. The fourth-order valence-electron chi connectivity index (χ4n) is 3.88. The molecule has 164 valence electrons. The first-order valence-corrected chi connectivity index (χ1v) is 11.3. The predicted molar refractivity (Wildman–Crippen MR) is 133 cm³/mol. The lowest BCUT2D eigenvalue weighted by atomic mass is 10.0. The van der Waals surface area contributed by atoms with Crippen molar-refractivity contribution in [2.24, 2.45) is 0 Å². The second-order valence-corrected chi connectivity index (χ2v) is 8.54. The number of amides is 1. The molecule has 1 heterocycles. The van der Waals surface area contributed by atoms with Gasteiger partial charge in [-0.1, -0.05) is 65.7 Å². The molecule has 33 heavy (non-hydrogen) atoms. The second kappa shape index (κ2) is 9.18. The van der Waals surface area contributed by atoms with Gasteiger partial charge in [-0.3, -0.25) is 9.69 Å². The molecule has 6 heteroatoms. The Hall–Kier alpha value is -3.47. The van der Waals surface area contributed by atoms with E-state index in [9.17, 15) is 4.79 Å². The van der Waals surface area contributed by atoms with E-state index in [1.165, 1.54) is 0 Å². The first kappa shape index (κ1) is 21.4. The fourth-order valence-corrected chi connectivity index (χ4v) is 4.19. The molecule has 0 aromatic heterocycles. The lowest BCUT2D eigenvalue weighted by Crippen LogP contribution is -2.43. The molecule has 5 rings (SSSR count). The van der Waals surface area contributed by atoms with E-state index >= 15 is 0 Å². The maximum Gasteiger partial charge on any atom is 0.262 e. The van der Waals surface area contributed by atoms with Crippen LogP contribution in [0.4, 0.5) is 11.4 Å². The standard InChI is InChI=1S/C27H20Cl2N2O2/c28-20-11-13-21(14-12-20)31-26(30-25-8-4-2-6-23(25)27(31)32)18-9-15-22(16-10-18)33-17-19-5-1-3-7-24(19)29/h1-16,26,30H,17H2/t26-/m0/s1. The van der Waals surface area contributed by atoms with Crippen molar-refractivity contribution in [2.75, 3.05) is 10.2 Å². The number of para-hydroxylation sites is 1. The van der Waals surface area contributed by atoms with E-state index in [1.54, 1.807) is 17.0 Å². The zero-order chi connectivity index (χ0) is 22.8. The van der Waals surface area contributed by atoms with E-state index in [4.69, 9.17) is 27.9 Å². The summed E-state index contributed by atoms with van der Waals surface area (Å²) in [7, 11) is 0. The van der Waals surface area contributed by atoms with Crippen LogP contribution in [-0.4, -0.2) is 5.91 Å². The first-order chi connectivity index (χ1) is 16.1. The summed E-state index contributed by atoms with van der Waals surface area (Å²) in [6.07, 6.45) is -0.383. The summed E-state index contributed by atoms with van der Waals surface area (Å²) >= 11 is 12.3. The summed E-state index contributed by atoms with van der Waals surface area (Å²) in [5, 5.41) is 4.80. The largest absolute Gasteiger partial charge is 0.489 e. The molecule has 0 aliphatic carbocycles. The molecule has 1 aliphatic rings. The van der Waals surface area contributed by atoms with Gasteiger partial charge in [0, 0.05) is 27.0 Å². The third-order valence-electron chi connectivity index (χ3n) is 5.58. The van der Waals surface area contributed by atoms with Gasteiger partial charge in [-0.15, -0.1) is 0 Å². The predicted octanol–water partition coefficient (Wildman–Crippen LogP) is 7.34. The molecule has 1 aliphatic heterocycles. The molecule has 1 atom stereocenters. The lowest BCUT2D eigenvalue weighted by molar-refractivity contribution is 0.0975. The van der Waals surface area contributed by atoms with E-state index in [1.807, 2.05) is 84.9 Å². The minimum absolute atomic E-state index is 0.0734. The molecule has 1 amide bonds. The van der Waals surface area contributed by atoms with Crippen LogP contribution in [0.2, 0.25) is 10.0 Å². The molecule has 0 radical (unpaired) electrons. The van der Waals surface area contributed by atoms with Crippen LogP contribution in [0.1, 0.15) is 27.7 Å². The van der Waals surface area contributed by atoms with Crippen LogP contribution < -0.4 is 15.0 Å². The van der Waals surface area contributed by atoms with Gasteiger partial charge in [0.05, 0.1) is 5.56 Å². The van der Waals surface area contributed by atoms with Gasteiger partial charge in [0.1, 0.15) is 18.5 Å². The van der Waals surface area contributed by atoms with Crippen LogP contribution in [0.3, 0.4) is 0 Å². The van der Waals surface area contributed by atoms with Crippen LogP contribution in [0.5, 0.6) is 5.75 Å². The van der Waals surface area contributed by atoms with E-state index in [2.05, 4.69) is 5.32 Å². The highest BCUT2D eigenvalue weighted by Gasteiger charge is 2.33. The van der Waals surface area contributed by atoms with Crippen molar-refractivity contribution in [2.45, 2.75) is 12.8 Å². The number of hydrogen-bond donors (Lipinski definition) is 1. The molecule has 0 saturated carbocycles. The topological polar surface area (TPSA) is 41.6 Å². The van der Waals surface area contributed by atoms with Crippen molar-refractivity contribution in [1.29, 1.82) is 0 Å². The zero-order valence-electron chi connectivity index (χ0n) is 17.5. The molecule has 0 spiro atoms. The van der Waals surface area contributed by atoms with E-state index in [0.717, 1.165) is 28.3 Å². The number of ether oxygens (including phenoxy) is 1. The number of halogens is 2. The van der Waals surface area contributed by atoms with Crippen molar-refractivity contribution in [3.8, 4) is 5.75 Å². The summed E-state index contributed by atoms with van der Waals surface area (Å²) in [5.41, 5.74) is 4.04. The van der Waals surface area contributed by atoms with E-state index in [-0.39, 0.29) is 12.1 Å². The molecule has 4 nitrogen and oxygen atoms in total. The van der Waals surface area contributed by atoms with Gasteiger partial charge in [0.2, 0.25) is 0 Å². The molecular formula is C27H20Cl2N2O2. The lowest BCUT2D eigenvalue weighted by Gasteiger charge is -2.38. The monoisotopic (exact) mass is 474 g/mol. The highest BCUT2D eigenvalue weighted by atomic mass is 35.5. The van der Waals surface area contributed by atoms with Crippen molar-refractivity contribution in [1.82, 2.24) is 0 Å². The minimum atomic E-state index is -0.383. The Balaban J connectivity index is 1.43. The molecule has 0 fully saturated rings. The Labute approximate surface area is 202 Å². The summed E-state index contributed by atoms with van der Waals surface area (Å²) < 4.78 is 5.92. The van der Waals surface area contributed by atoms with Gasteiger partial charge in [-0.2, -0.15) is 0 Å². The number of nitrogens with zero attached hydrogens (tertiary/aromatic N) is 1.